The zero-order chi connectivity index (χ0) is 9.97. The standard InChI is InChI=1S/C12H13NO/c1-3-9-6-7-11(14-2)10-5-4-8-13-12(9)10/h4-8H,3H2,1-2H3. The van der Waals surface area contributed by atoms with Gasteiger partial charge in [0.25, 0.3) is 0 Å². The Bertz CT molecular complexity index is 409. The van der Waals surface area contributed by atoms with E-state index in [1.807, 2.05) is 24.4 Å². The van der Waals surface area contributed by atoms with Crippen molar-refractivity contribution in [3.8, 4) is 5.75 Å². The van der Waals surface area contributed by atoms with Crippen molar-refractivity contribution in [3.05, 3.63) is 36.0 Å². The smallest absolute Gasteiger partial charge is 0.128 e. The lowest BCUT2D eigenvalue weighted by atomic mass is 10.1. The number of rotatable bonds is 2. The van der Waals surface area contributed by atoms with Gasteiger partial charge in [-0.15, -0.1) is 0 Å². The number of aryl methyl sites for hydroxylation is 1. The summed E-state index contributed by atoms with van der Waals surface area (Å²) >= 11 is 0. The van der Waals surface area contributed by atoms with Gasteiger partial charge in [-0.1, -0.05) is 13.0 Å². The van der Waals surface area contributed by atoms with Crippen LogP contribution in [0.1, 0.15) is 12.5 Å². The average molecular weight is 187 g/mol. The van der Waals surface area contributed by atoms with Crippen LogP contribution in [0.15, 0.2) is 30.5 Å². The molecule has 14 heavy (non-hydrogen) atoms. The second-order valence-electron chi connectivity index (χ2n) is 3.18. The van der Waals surface area contributed by atoms with Crippen molar-refractivity contribution < 1.29 is 4.74 Å². The maximum atomic E-state index is 5.29. The van der Waals surface area contributed by atoms with Crippen LogP contribution >= 0.6 is 0 Å². The van der Waals surface area contributed by atoms with Gasteiger partial charge in [-0.25, -0.2) is 0 Å². The van der Waals surface area contributed by atoms with Crippen LogP contribution in [0.5, 0.6) is 5.75 Å². The molecular formula is C12H13NO. The van der Waals surface area contributed by atoms with E-state index in [1.165, 1.54) is 5.56 Å². The maximum absolute atomic E-state index is 5.29. The van der Waals surface area contributed by atoms with E-state index in [4.69, 9.17) is 4.74 Å². The molecule has 2 nitrogen and oxygen atoms in total. The van der Waals surface area contributed by atoms with E-state index in [0.717, 1.165) is 23.1 Å². The number of methoxy groups -OCH3 is 1. The lowest BCUT2D eigenvalue weighted by molar-refractivity contribution is 0.419. The second-order valence-corrected chi connectivity index (χ2v) is 3.18. The predicted molar refractivity (Wildman–Crippen MR) is 57.7 cm³/mol. The molecule has 1 aromatic carbocycles. The van der Waals surface area contributed by atoms with Gasteiger partial charge in [0, 0.05) is 11.6 Å². The third kappa shape index (κ3) is 1.33. The first-order valence-corrected chi connectivity index (χ1v) is 4.77. The molecule has 0 spiro atoms. The Morgan fingerprint density at radius 1 is 1.29 bits per heavy atom. The van der Waals surface area contributed by atoms with E-state index in [9.17, 15) is 0 Å². The number of ether oxygens (including phenoxy) is 1. The SMILES string of the molecule is CCc1ccc(OC)c2cccnc12. The molecule has 0 unspecified atom stereocenters. The monoisotopic (exact) mass is 187 g/mol. The molecule has 0 aliphatic rings. The van der Waals surface area contributed by atoms with Crippen LogP contribution in [0.25, 0.3) is 10.9 Å². The molecule has 2 heteroatoms. The Morgan fingerprint density at radius 2 is 2.14 bits per heavy atom. The van der Waals surface area contributed by atoms with Crippen molar-refractivity contribution in [3.63, 3.8) is 0 Å². The number of nitrogens with zero attached hydrogens (tertiary/aromatic N) is 1. The lowest BCUT2D eigenvalue weighted by Crippen LogP contribution is -1.90. The minimum atomic E-state index is 0.894. The first kappa shape index (κ1) is 9.00. The highest BCUT2D eigenvalue weighted by atomic mass is 16.5. The fourth-order valence-electron chi connectivity index (χ4n) is 1.67. The molecule has 0 saturated carbocycles. The van der Waals surface area contributed by atoms with Gasteiger partial charge < -0.3 is 4.74 Å². The van der Waals surface area contributed by atoms with E-state index >= 15 is 0 Å². The van der Waals surface area contributed by atoms with Gasteiger partial charge in [0.15, 0.2) is 0 Å². The summed E-state index contributed by atoms with van der Waals surface area (Å²) in [5.74, 6) is 0.894. The number of pyridine rings is 1. The van der Waals surface area contributed by atoms with E-state index in [-0.39, 0.29) is 0 Å². The fraction of sp³-hybridized carbons (Fsp3) is 0.250. The average Bonchev–Trinajstić information content (AvgIpc) is 2.27. The number of hydrogen-bond donors (Lipinski definition) is 0. The molecule has 0 N–H and O–H groups in total. The minimum Gasteiger partial charge on any atom is -0.496 e. The summed E-state index contributed by atoms with van der Waals surface area (Å²) < 4.78 is 5.29. The van der Waals surface area contributed by atoms with Gasteiger partial charge in [0.2, 0.25) is 0 Å². The first-order valence-electron chi connectivity index (χ1n) is 4.77. The van der Waals surface area contributed by atoms with E-state index in [1.54, 1.807) is 7.11 Å². The Hall–Kier alpha value is -1.57. The second kappa shape index (κ2) is 3.66. The van der Waals surface area contributed by atoms with Crippen LogP contribution < -0.4 is 4.74 Å². The van der Waals surface area contributed by atoms with Crippen molar-refractivity contribution in [2.45, 2.75) is 13.3 Å². The molecule has 72 valence electrons. The summed E-state index contributed by atoms with van der Waals surface area (Å²) in [6.07, 6.45) is 2.82. The third-order valence-electron chi connectivity index (χ3n) is 2.41. The van der Waals surface area contributed by atoms with Gasteiger partial charge in [-0.05, 0) is 30.2 Å². The van der Waals surface area contributed by atoms with E-state index < -0.39 is 0 Å². The molecule has 0 atom stereocenters. The molecule has 1 aromatic heterocycles. The third-order valence-corrected chi connectivity index (χ3v) is 2.41. The zero-order valence-electron chi connectivity index (χ0n) is 8.45. The molecule has 2 aromatic rings. The van der Waals surface area contributed by atoms with Gasteiger partial charge in [0.05, 0.1) is 12.6 Å². The van der Waals surface area contributed by atoms with Crippen LogP contribution in [0.4, 0.5) is 0 Å². The zero-order valence-corrected chi connectivity index (χ0v) is 8.45. The molecule has 0 aliphatic carbocycles. The summed E-state index contributed by atoms with van der Waals surface area (Å²) in [6.45, 7) is 2.13. The summed E-state index contributed by atoms with van der Waals surface area (Å²) in [5.41, 5.74) is 2.32. The van der Waals surface area contributed by atoms with E-state index in [2.05, 4.69) is 18.0 Å². The summed E-state index contributed by atoms with van der Waals surface area (Å²) in [7, 11) is 1.69. The first-order chi connectivity index (χ1) is 6.86. The molecule has 0 aliphatic heterocycles. The fourth-order valence-corrected chi connectivity index (χ4v) is 1.67. The number of fused-ring (bicyclic) bond motifs is 1. The highest BCUT2D eigenvalue weighted by molar-refractivity contribution is 5.87. The molecular weight excluding hydrogens is 174 g/mol. The van der Waals surface area contributed by atoms with Crippen LogP contribution in [-0.2, 0) is 6.42 Å². The Kier molecular flexibility index (Phi) is 2.35. The Balaban J connectivity index is 2.78. The van der Waals surface area contributed by atoms with Crippen LogP contribution in [0, 0.1) is 0 Å². The summed E-state index contributed by atoms with van der Waals surface area (Å²) in [5, 5.41) is 1.09. The van der Waals surface area contributed by atoms with Crippen LogP contribution in [-0.4, -0.2) is 12.1 Å². The molecule has 0 saturated heterocycles. The summed E-state index contributed by atoms with van der Waals surface area (Å²) in [4.78, 5) is 4.38. The quantitative estimate of drug-likeness (QED) is 0.721. The van der Waals surface area contributed by atoms with Gasteiger partial charge in [-0.2, -0.15) is 0 Å². The normalized spacial score (nSPS) is 10.4. The van der Waals surface area contributed by atoms with Crippen LogP contribution in [0.3, 0.4) is 0 Å². The van der Waals surface area contributed by atoms with Crippen LogP contribution in [0.2, 0.25) is 0 Å². The predicted octanol–water partition coefficient (Wildman–Crippen LogP) is 2.81. The summed E-state index contributed by atoms with van der Waals surface area (Å²) in [6, 6.07) is 8.06. The molecule has 0 amide bonds. The largest absolute Gasteiger partial charge is 0.496 e. The highest BCUT2D eigenvalue weighted by Crippen LogP contribution is 2.26. The molecule has 2 rings (SSSR count). The van der Waals surface area contributed by atoms with E-state index in [0.29, 0.717) is 0 Å². The van der Waals surface area contributed by atoms with Gasteiger partial charge >= 0.3 is 0 Å². The Morgan fingerprint density at radius 3 is 2.86 bits per heavy atom. The van der Waals surface area contributed by atoms with Crippen molar-refractivity contribution in [2.75, 3.05) is 7.11 Å². The Labute approximate surface area is 83.5 Å². The molecule has 0 fully saturated rings. The maximum Gasteiger partial charge on any atom is 0.128 e. The highest BCUT2D eigenvalue weighted by Gasteiger charge is 2.04. The molecule has 1 heterocycles. The molecule has 0 radical (unpaired) electrons. The van der Waals surface area contributed by atoms with Crippen molar-refractivity contribution in [1.29, 1.82) is 0 Å². The topological polar surface area (TPSA) is 22.1 Å². The van der Waals surface area contributed by atoms with Crippen molar-refractivity contribution in [1.82, 2.24) is 4.98 Å². The van der Waals surface area contributed by atoms with Gasteiger partial charge in [-0.3, -0.25) is 4.98 Å². The van der Waals surface area contributed by atoms with Crippen molar-refractivity contribution >= 4 is 10.9 Å². The van der Waals surface area contributed by atoms with Crippen molar-refractivity contribution in [2.24, 2.45) is 0 Å². The lowest BCUT2D eigenvalue weighted by Gasteiger charge is -2.07. The number of hydrogen-bond acceptors (Lipinski definition) is 2. The minimum absolute atomic E-state index is 0.894. The number of benzene rings is 1. The van der Waals surface area contributed by atoms with Gasteiger partial charge in [0.1, 0.15) is 5.75 Å². The number of aromatic nitrogens is 1. The molecule has 0 bridgehead atoms.